The summed E-state index contributed by atoms with van der Waals surface area (Å²) in [5, 5.41) is 14.1. The molecule has 2 N–H and O–H groups in total. The molecule has 1 unspecified atom stereocenters. The first kappa shape index (κ1) is 15.1. The molecule has 0 amide bonds. The number of hydrogen-bond donors (Lipinski definition) is 2. The normalized spacial score (nSPS) is 21.1. The third-order valence-corrected chi connectivity index (χ3v) is 5.19. The second-order valence-corrected chi connectivity index (χ2v) is 7.05. The van der Waals surface area contributed by atoms with Gasteiger partial charge in [-0.15, -0.1) is 0 Å². The van der Waals surface area contributed by atoms with Crippen LogP contribution in [0.1, 0.15) is 31.2 Å². The van der Waals surface area contributed by atoms with Crippen LogP contribution in [0.2, 0.25) is 5.02 Å². The summed E-state index contributed by atoms with van der Waals surface area (Å²) in [5.41, 5.74) is 1.57. The van der Waals surface area contributed by atoms with Crippen LogP contribution in [0.3, 0.4) is 0 Å². The van der Waals surface area contributed by atoms with Crippen LogP contribution in [-0.4, -0.2) is 30.9 Å². The minimum Gasteiger partial charge on any atom is -0.491 e. The molecule has 0 radical (unpaired) electrons. The van der Waals surface area contributed by atoms with Gasteiger partial charge in [0.25, 0.3) is 0 Å². The number of ether oxygens (including phenoxy) is 1. The van der Waals surface area contributed by atoms with Crippen LogP contribution in [0, 0.1) is 18.3 Å². The van der Waals surface area contributed by atoms with Gasteiger partial charge in [0.15, 0.2) is 0 Å². The van der Waals surface area contributed by atoms with E-state index in [1.54, 1.807) is 0 Å². The number of aliphatic hydroxyl groups is 1. The Bertz CT molecular complexity index is 498. The number of halogens is 1. The Morgan fingerprint density at radius 3 is 2.81 bits per heavy atom. The zero-order valence-corrected chi connectivity index (χ0v) is 13.3. The van der Waals surface area contributed by atoms with E-state index in [-0.39, 0.29) is 0 Å². The van der Waals surface area contributed by atoms with E-state index in [1.165, 1.54) is 25.7 Å². The predicted molar refractivity (Wildman–Crippen MR) is 85.0 cm³/mol. The van der Waals surface area contributed by atoms with Gasteiger partial charge in [0.1, 0.15) is 18.5 Å². The summed E-state index contributed by atoms with van der Waals surface area (Å²) in [6.07, 6.45) is 5.06. The maximum absolute atomic E-state index is 9.99. The molecule has 0 aromatic heterocycles. The molecule has 0 heterocycles. The molecule has 2 fully saturated rings. The Balaban J connectivity index is 1.36. The lowest BCUT2D eigenvalue weighted by atomic mass is 10.0. The molecule has 116 valence electrons. The molecule has 0 aliphatic heterocycles. The van der Waals surface area contributed by atoms with E-state index < -0.39 is 6.10 Å². The molecule has 0 saturated heterocycles. The largest absolute Gasteiger partial charge is 0.491 e. The number of benzene rings is 1. The second kappa shape index (κ2) is 6.15. The van der Waals surface area contributed by atoms with Crippen LogP contribution in [0.4, 0.5) is 0 Å². The average molecular weight is 310 g/mol. The Labute approximate surface area is 131 Å². The molecule has 3 rings (SSSR count). The van der Waals surface area contributed by atoms with E-state index in [4.69, 9.17) is 16.3 Å². The van der Waals surface area contributed by atoms with Gasteiger partial charge in [-0.2, -0.15) is 0 Å². The van der Waals surface area contributed by atoms with Crippen molar-refractivity contribution < 1.29 is 9.84 Å². The van der Waals surface area contributed by atoms with E-state index in [0.717, 1.165) is 28.8 Å². The van der Waals surface area contributed by atoms with Crippen molar-refractivity contribution in [1.29, 1.82) is 0 Å². The SMILES string of the molecule is Cc1cc(OCC(O)CNCC2(C3CC3)CC2)ccc1Cl. The summed E-state index contributed by atoms with van der Waals surface area (Å²) in [7, 11) is 0. The van der Waals surface area contributed by atoms with E-state index in [1.807, 2.05) is 25.1 Å². The summed E-state index contributed by atoms with van der Waals surface area (Å²) >= 11 is 5.98. The van der Waals surface area contributed by atoms with Gasteiger partial charge in [0.2, 0.25) is 0 Å². The molecule has 0 spiro atoms. The third-order valence-electron chi connectivity index (χ3n) is 4.76. The van der Waals surface area contributed by atoms with Crippen LogP contribution in [0.25, 0.3) is 0 Å². The van der Waals surface area contributed by atoms with Crippen molar-refractivity contribution in [1.82, 2.24) is 5.32 Å². The van der Waals surface area contributed by atoms with Crippen molar-refractivity contribution in [2.24, 2.45) is 11.3 Å². The fourth-order valence-electron chi connectivity index (χ4n) is 3.03. The number of nitrogens with one attached hydrogen (secondary N) is 1. The highest BCUT2D eigenvalue weighted by Crippen LogP contribution is 2.60. The van der Waals surface area contributed by atoms with Crippen molar-refractivity contribution in [3.05, 3.63) is 28.8 Å². The van der Waals surface area contributed by atoms with Gasteiger partial charge >= 0.3 is 0 Å². The van der Waals surface area contributed by atoms with Gasteiger partial charge in [-0.3, -0.25) is 0 Å². The highest BCUT2D eigenvalue weighted by Gasteiger charge is 2.53. The van der Waals surface area contributed by atoms with E-state index in [2.05, 4.69) is 5.32 Å². The van der Waals surface area contributed by atoms with Crippen LogP contribution in [0.15, 0.2) is 18.2 Å². The van der Waals surface area contributed by atoms with Crippen molar-refractivity contribution in [3.63, 3.8) is 0 Å². The highest BCUT2D eigenvalue weighted by atomic mass is 35.5. The van der Waals surface area contributed by atoms with Crippen molar-refractivity contribution >= 4 is 11.6 Å². The second-order valence-electron chi connectivity index (χ2n) is 6.64. The van der Waals surface area contributed by atoms with Gasteiger partial charge in [-0.1, -0.05) is 11.6 Å². The Kier molecular flexibility index (Phi) is 4.43. The fourth-order valence-corrected chi connectivity index (χ4v) is 3.15. The summed E-state index contributed by atoms with van der Waals surface area (Å²) < 4.78 is 5.61. The quantitative estimate of drug-likeness (QED) is 0.775. The molecular formula is C17H24ClNO2. The molecule has 4 heteroatoms. The summed E-state index contributed by atoms with van der Waals surface area (Å²) in [4.78, 5) is 0. The molecule has 3 nitrogen and oxygen atoms in total. The first-order chi connectivity index (χ1) is 10.1. The van der Waals surface area contributed by atoms with Crippen LogP contribution >= 0.6 is 11.6 Å². The summed E-state index contributed by atoms with van der Waals surface area (Å²) in [6, 6.07) is 5.56. The summed E-state index contributed by atoms with van der Waals surface area (Å²) in [6.45, 7) is 3.90. The lowest BCUT2D eigenvalue weighted by molar-refractivity contribution is 0.104. The first-order valence-electron chi connectivity index (χ1n) is 7.87. The topological polar surface area (TPSA) is 41.5 Å². The standard InChI is InChI=1S/C17H24ClNO2/c1-12-8-15(4-5-16(12)18)21-10-14(20)9-19-11-17(6-7-17)13-2-3-13/h4-5,8,13-14,19-20H,2-3,6-7,9-11H2,1H3. The van der Waals surface area contributed by atoms with Crippen molar-refractivity contribution in [2.45, 2.75) is 38.7 Å². The Morgan fingerprint density at radius 2 is 2.19 bits per heavy atom. The van der Waals surface area contributed by atoms with Gasteiger partial charge in [-0.25, -0.2) is 0 Å². The fraction of sp³-hybridized carbons (Fsp3) is 0.647. The number of aliphatic hydroxyl groups excluding tert-OH is 1. The van der Waals surface area contributed by atoms with E-state index in [0.29, 0.717) is 18.6 Å². The summed E-state index contributed by atoms with van der Waals surface area (Å²) in [5.74, 6) is 1.71. The molecule has 2 saturated carbocycles. The van der Waals surface area contributed by atoms with Gasteiger partial charge in [0.05, 0.1) is 0 Å². The predicted octanol–water partition coefficient (Wildman–Crippen LogP) is 3.17. The zero-order valence-electron chi connectivity index (χ0n) is 12.6. The number of aryl methyl sites for hydroxylation is 1. The van der Waals surface area contributed by atoms with Gasteiger partial charge < -0.3 is 15.2 Å². The highest BCUT2D eigenvalue weighted by molar-refractivity contribution is 6.31. The van der Waals surface area contributed by atoms with Crippen LogP contribution < -0.4 is 10.1 Å². The first-order valence-corrected chi connectivity index (χ1v) is 8.25. The molecule has 1 atom stereocenters. The van der Waals surface area contributed by atoms with Gasteiger partial charge in [0, 0.05) is 18.1 Å². The van der Waals surface area contributed by atoms with Crippen LogP contribution in [0.5, 0.6) is 5.75 Å². The smallest absolute Gasteiger partial charge is 0.119 e. The zero-order chi connectivity index (χ0) is 14.9. The lowest BCUT2D eigenvalue weighted by Gasteiger charge is -2.18. The maximum Gasteiger partial charge on any atom is 0.119 e. The van der Waals surface area contributed by atoms with Gasteiger partial charge in [-0.05, 0) is 67.7 Å². The molecular weight excluding hydrogens is 286 g/mol. The Hall–Kier alpha value is -0.770. The van der Waals surface area contributed by atoms with E-state index in [9.17, 15) is 5.11 Å². The minimum atomic E-state index is -0.476. The minimum absolute atomic E-state index is 0.310. The third kappa shape index (κ3) is 3.91. The lowest BCUT2D eigenvalue weighted by Crippen LogP contribution is -2.35. The van der Waals surface area contributed by atoms with E-state index >= 15 is 0 Å². The number of hydrogen-bond acceptors (Lipinski definition) is 3. The van der Waals surface area contributed by atoms with Crippen molar-refractivity contribution in [2.75, 3.05) is 19.7 Å². The molecule has 2 aliphatic rings. The molecule has 21 heavy (non-hydrogen) atoms. The molecule has 0 bridgehead atoms. The maximum atomic E-state index is 9.99. The van der Waals surface area contributed by atoms with Crippen LogP contribution in [-0.2, 0) is 0 Å². The Morgan fingerprint density at radius 1 is 1.43 bits per heavy atom. The molecule has 1 aromatic carbocycles. The molecule has 1 aromatic rings. The molecule has 2 aliphatic carbocycles. The average Bonchev–Trinajstić information content (AvgIpc) is 3.33. The number of rotatable bonds is 8. The monoisotopic (exact) mass is 309 g/mol. The van der Waals surface area contributed by atoms with Crippen molar-refractivity contribution in [3.8, 4) is 5.75 Å².